The molecule has 7 nitrogen and oxygen atoms in total. The van der Waals surface area contributed by atoms with Crippen LogP contribution in [0.3, 0.4) is 0 Å². The second-order valence-corrected chi connectivity index (χ2v) is 9.50. The fraction of sp³-hybridized carbons (Fsp3) is 0.667. The zero-order valence-corrected chi connectivity index (χ0v) is 21.9. The average molecular weight is 502 g/mol. The summed E-state index contributed by atoms with van der Waals surface area (Å²) in [6.07, 6.45) is 3.20. The van der Waals surface area contributed by atoms with E-state index in [1.54, 1.807) is 31.1 Å². The van der Waals surface area contributed by atoms with E-state index < -0.39 is 5.60 Å². The molecule has 1 unspecified atom stereocenters. The van der Waals surface area contributed by atoms with Crippen molar-refractivity contribution < 1.29 is 19.1 Å². The molecule has 1 aromatic carbocycles. The molecule has 2 aliphatic heterocycles. The lowest BCUT2D eigenvalue weighted by Gasteiger charge is -2.41. The summed E-state index contributed by atoms with van der Waals surface area (Å²) in [5.41, 5.74) is 0.0281. The summed E-state index contributed by atoms with van der Waals surface area (Å²) in [6, 6.07) is 3.55. The van der Waals surface area contributed by atoms with E-state index in [9.17, 15) is 9.59 Å². The highest BCUT2D eigenvalue weighted by atomic mass is 35.5. The number of ether oxygens (including phenoxy) is 2. The first kappa shape index (κ1) is 27.7. The Hall–Kier alpha value is -1.54. The first-order valence-corrected chi connectivity index (χ1v) is 12.0. The van der Waals surface area contributed by atoms with Crippen LogP contribution in [0.4, 0.5) is 5.69 Å². The van der Waals surface area contributed by atoms with Crippen LogP contribution in [-0.4, -0.2) is 67.7 Å². The van der Waals surface area contributed by atoms with Gasteiger partial charge >= 0.3 is 0 Å². The molecule has 2 heterocycles. The molecule has 0 radical (unpaired) electrons. The maximum Gasteiger partial charge on any atom is 0.270 e. The van der Waals surface area contributed by atoms with Crippen molar-refractivity contribution in [3.8, 4) is 5.75 Å². The van der Waals surface area contributed by atoms with E-state index in [4.69, 9.17) is 21.1 Å². The van der Waals surface area contributed by atoms with Crippen LogP contribution in [0.2, 0.25) is 5.02 Å². The molecule has 9 heteroatoms. The highest BCUT2D eigenvalue weighted by Crippen LogP contribution is 2.42. The molecule has 1 aromatic rings. The number of carbonyl (C=O) groups is 2. The van der Waals surface area contributed by atoms with Crippen LogP contribution in [0, 0.1) is 0 Å². The summed E-state index contributed by atoms with van der Waals surface area (Å²) in [5, 5.41) is 3.73. The lowest BCUT2D eigenvalue weighted by Crippen LogP contribution is -2.54. The van der Waals surface area contributed by atoms with Gasteiger partial charge in [-0.3, -0.25) is 9.59 Å². The summed E-state index contributed by atoms with van der Waals surface area (Å²) < 4.78 is 11.3. The molecular weight excluding hydrogens is 465 g/mol. The van der Waals surface area contributed by atoms with Crippen molar-refractivity contribution in [2.45, 2.75) is 71.1 Å². The summed E-state index contributed by atoms with van der Waals surface area (Å²) in [4.78, 5) is 30.6. The third-order valence-corrected chi connectivity index (χ3v) is 6.78. The van der Waals surface area contributed by atoms with Gasteiger partial charge in [-0.1, -0.05) is 18.5 Å². The smallest absolute Gasteiger partial charge is 0.270 e. The number of rotatable bonds is 8. The van der Waals surface area contributed by atoms with Crippen molar-refractivity contribution in [2.24, 2.45) is 0 Å². The second-order valence-electron chi connectivity index (χ2n) is 9.10. The van der Waals surface area contributed by atoms with Crippen LogP contribution in [0.1, 0.15) is 63.7 Å². The van der Waals surface area contributed by atoms with Gasteiger partial charge in [0.2, 0.25) is 0 Å². The lowest BCUT2D eigenvalue weighted by atomic mass is 9.97. The maximum absolute atomic E-state index is 13.7. The van der Waals surface area contributed by atoms with Gasteiger partial charge in [0.05, 0.1) is 16.3 Å². The van der Waals surface area contributed by atoms with Crippen LogP contribution in [0.5, 0.6) is 5.75 Å². The second kappa shape index (κ2) is 11.7. The van der Waals surface area contributed by atoms with Crippen molar-refractivity contribution in [1.82, 2.24) is 10.2 Å². The molecule has 0 spiro atoms. The molecule has 1 saturated heterocycles. The Labute approximate surface area is 208 Å². The van der Waals surface area contributed by atoms with E-state index >= 15 is 0 Å². The van der Waals surface area contributed by atoms with E-state index in [1.165, 1.54) is 0 Å². The van der Waals surface area contributed by atoms with Crippen LogP contribution < -0.4 is 15.0 Å². The summed E-state index contributed by atoms with van der Waals surface area (Å²) in [6.45, 7) is 10.5. The van der Waals surface area contributed by atoms with Gasteiger partial charge in [-0.15, -0.1) is 12.4 Å². The van der Waals surface area contributed by atoms with E-state index in [1.807, 2.05) is 25.7 Å². The number of nitrogens with zero attached hydrogens (tertiary/aromatic N) is 2. The SMILES string of the molecule is CCC1(C)Oc2cc(Cl)c(C(=O)N(C(C)C)[C@@H]3CCCNC3)cc2N(CCCOC)C1=O.Cl. The van der Waals surface area contributed by atoms with Crippen molar-refractivity contribution >= 4 is 41.5 Å². The molecule has 2 atom stereocenters. The Balaban J connectivity index is 0.00000385. The molecule has 2 amide bonds. The third-order valence-electron chi connectivity index (χ3n) is 6.46. The molecule has 186 valence electrons. The number of carbonyl (C=O) groups excluding carboxylic acids is 2. The van der Waals surface area contributed by atoms with E-state index in [-0.39, 0.29) is 36.3 Å². The molecule has 1 N–H and O–H groups in total. The molecule has 33 heavy (non-hydrogen) atoms. The highest BCUT2D eigenvalue weighted by Gasteiger charge is 2.44. The van der Waals surface area contributed by atoms with E-state index in [0.717, 1.165) is 25.9 Å². The highest BCUT2D eigenvalue weighted by molar-refractivity contribution is 6.34. The molecule has 0 bridgehead atoms. The van der Waals surface area contributed by atoms with Crippen LogP contribution >= 0.6 is 24.0 Å². The molecule has 0 aliphatic carbocycles. The predicted octanol–water partition coefficient (Wildman–Crippen LogP) is 4.30. The summed E-state index contributed by atoms with van der Waals surface area (Å²) >= 11 is 6.62. The van der Waals surface area contributed by atoms with Crippen molar-refractivity contribution in [3.05, 3.63) is 22.7 Å². The molecule has 2 aliphatic rings. The van der Waals surface area contributed by atoms with Gasteiger partial charge in [-0.25, -0.2) is 0 Å². The Bertz CT molecular complexity index is 845. The number of hydrogen-bond acceptors (Lipinski definition) is 5. The molecule has 1 fully saturated rings. The minimum atomic E-state index is -0.966. The van der Waals surface area contributed by atoms with Crippen molar-refractivity contribution in [3.63, 3.8) is 0 Å². The molecular formula is C24H37Cl2N3O4. The molecule has 0 saturated carbocycles. The van der Waals surface area contributed by atoms with Crippen LogP contribution in [0.15, 0.2) is 12.1 Å². The first-order valence-electron chi connectivity index (χ1n) is 11.6. The number of nitrogens with one attached hydrogen (secondary N) is 1. The van der Waals surface area contributed by atoms with Gasteiger partial charge in [-0.2, -0.15) is 0 Å². The van der Waals surface area contributed by atoms with Crippen LogP contribution in [0.25, 0.3) is 0 Å². The number of methoxy groups -OCH3 is 1. The Kier molecular flexibility index (Phi) is 9.85. The first-order chi connectivity index (χ1) is 15.2. The van der Waals surface area contributed by atoms with Crippen LogP contribution in [-0.2, 0) is 9.53 Å². The van der Waals surface area contributed by atoms with Gasteiger partial charge in [0.1, 0.15) is 5.75 Å². The topological polar surface area (TPSA) is 71.1 Å². The summed E-state index contributed by atoms with van der Waals surface area (Å²) in [5.74, 6) is 0.305. The minimum absolute atomic E-state index is 0. The maximum atomic E-state index is 13.7. The Morgan fingerprint density at radius 3 is 2.73 bits per heavy atom. The number of benzene rings is 1. The van der Waals surface area contributed by atoms with Gasteiger partial charge < -0.3 is 24.6 Å². The Morgan fingerprint density at radius 1 is 1.42 bits per heavy atom. The number of piperidine rings is 1. The molecule has 3 rings (SSSR count). The fourth-order valence-corrected chi connectivity index (χ4v) is 4.76. The van der Waals surface area contributed by atoms with Gasteiger partial charge in [0.15, 0.2) is 5.60 Å². The van der Waals surface area contributed by atoms with E-state index in [2.05, 4.69) is 5.32 Å². The normalized spacial score (nSPS) is 22.5. The van der Waals surface area contributed by atoms with E-state index in [0.29, 0.717) is 48.0 Å². The average Bonchev–Trinajstić information content (AvgIpc) is 2.76. The van der Waals surface area contributed by atoms with Crippen molar-refractivity contribution in [2.75, 3.05) is 38.3 Å². The fourth-order valence-electron chi connectivity index (χ4n) is 4.53. The summed E-state index contributed by atoms with van der Waals surface area (Å²) in [7, 11) is 1.64. The number of anilines is 1. The van der Waals surface area contributed by atoms with Crippen molar-refractivity contribution in [1.29, 1.82) is 0 Å². The monoisotopic (exact) mass is 501 g/mol. The lowest BCUT2D eigenvalue weighted by molar-refractivity contribution is -0.134. The van der Waals surface area contributed by atoms with Gasteiger partial charge in [0.25, 0.3) is 11.8 Å². The standard InChI is InChI=1S/C24H36ClN3O4.ClH/c1-6-24(4)23(30)27(11-8-12-31-5)20-13-18(19(25)14-21(20)32-24)22(29)28(16(2)3)17-9-7-10-26-15-17;/h13-14,16-17,26H,6-12,15H2,1-5H3;1H/t17-,24?;/m1./s1. The van der Waals surface area contributed by atoms with Gasteiger partial charge in [0, 0.05) is 45.0 Å². The number of halogens is 2. The number of hydrogen-bond donors (Lipinski definition) is 1. The zero-order valence-electron chi connectivity index (χ0n) is 20.3. The number of fused-ring (bicyclic) bond motifs is 1. The largest absolute Gasteiger partial charge is 0.475 e. The third kappa shape index (κ3) is 5.76. The van der Waals surface area contributed by atoms with Gasteiger partial charge in [-0.05, 0) is 59.1 Å². The number of amides is 2. The predicted molar refractivity (Wildman–Crippen MR) is 134 cm³/mol. The quantitative estimate of drug-likeness (QED) is 0.537. The zero-order chi connectivity index (χ0) is 23.5. The molecule has 0 aromatic heterocycles. The minimum Gasteiger partial charge on any atom is -0.475 e. The Morgan fingerprint density at radius 2 is 2.15 bits per heavy atom.